The van der Waals surface area contributed by atoms with Crippen molar-refractivity contribution in [2.45, 2.75) is 19.5 Å². The first kappa shape index (κ1) is 27.1. The van der Waals surface area contributed by atoms with Gasteiger partial charge >= 0.3 is 0 Å². The van der Waals surface area contributed by atoms with E-state index in [0.717, 1.165) is 16.7 Å². The summed E-state index contributed by atoms with van der Waals surface area (Å²) >= 11 is 6.60. The average Bonchev–Trinajstić information content (AvgIpc) is 3.14. The maximum atomic E-state index is 13.8. The van der Waals surface area contributed by atoms with Gasteiger partial charge < -0.3 is 20.2 Å². The highest BCUT2D eigenvalue weighted by Gasteiger charge is 2.33. The summed E-state index contributed by atoms with van der Waals surface area (Å²) < 4.78 is 0. The smallest absolute Gasteiger partial charge is 0.259 e. The van der Waals surface area contributed by atoms with E-state index in [1.165, 1.54) is 6.92 Å². The lowest BCUT2D eigenvalue weighted by molar-refractivity contribution is -0.132. The first-order valence-corrected chi connectivity index (χ1v) is 13.3. The van der Waals surface area contributed by atoms with Gasteiger partial charge in [0.15, 0.2) is 0 Å². The van der Waals surface area contributed by atoms with E-state index < -0.39 is 6.04 Å². The highest BCUT2D eigenvalue weighted by molar-refractivity contribution is 6.35. The van der Waals surface area contributed by atoms with Crippen molar-refractivity contribution < 1.29 is 19.5 Å². The number of anilines is 2. The van der Waals surface area contributed by atoms with Crippen LogP contribution in [-0.4, -0.2) is 46.9 Å². The van der Waals surface area contributed by atoms with Crippen molar-refractivity contribution in [3.05, 3.63) is 119 Å². The number of amides is 3. The molecule has 1 aliphatic heterocycles. The highest BCUT2D eigenvalue weighted by Crippen LogP contribution is 2.31. The van der Waals surface area contributed by atoms with E-state index >= 15 is 0 Å². The number of fused-ring (bicyclic) bond motifs is 1. The Kier molecular flexibility index (Phi) is 7.96. The molecule has 0 fully saturated rings. The zero-order chi connectivity index (χ0) is 28.2. The maximum Gasteiger partial charge on any atom is 0.259 e. The standard InChI is InChI=1S/C32H28ClN3O4/c1-21(38)35-18-23-11-5-8-14-30(23)36(19-25(35)20-37)32(40)28-16-15-24(17-29(28)33)34-31(39)27-13-7-6-12-26(27)22-9-3-2-4-10-22/h2-17,25,37H,18-20H2,1H3,(H,34,39)/t25-/m0/s1. The monoisotopic (exact) mass is 553 g/mol. The molecule has 3 amide bonds. The molecule has 0 spiro atoms. The fourth-order valence-corrected chi connectivity index (χ4v) is 5.27. The lowest BCUT2D eigenvalue weighted by atomic mass is 9.99. The van der Waals surface area contributed by atoms with Crippen LogP contribution in [0.4, 0.5) is 11.4 Å². The van der Waals surface area contributed by atoms with Crippen LogP contribution in [0.25, 0.3) is 11.1 Å². The van der Waals surface area contributed by atoms with Gasteiger partial charge in [0.25, 0.3) is 11.8 Å². The minimum atomic E-state index is -0.573. The molecule has 202 valence electrons. The van der Waals surface area contributed by atoms with Gasteiger partial charge in [-0.25, -0.2) is 0 Å². The molecule has 0 bridgehead atoms. The van der Waals surface area contributed by atoms with Crippen molar-refractivity contribution in [2.24, 2.45) is 0 Å². The Hall–Kier alpha value is -4.46. The Morgan fingerprint density at radius 2 is 1.60 bits per heavy atom. The van der Waals surface area contributed by atoms with Crippen LogP contribution < -0.4 is 10.2 Å². The molecule has 4 aromatic carbocycles. The van der Waals surface area contributed by atoms with Crippen LogP contribution >= 0.6 is 11.6 Å². The first-order chi connectivity index (χ1) is 19.4. The van der Waals surface area contributed by atoms with E-state index in [1.807, 2.05) is 72.8 Å². The summed E-state index contributed by atoms with van der Waals surface area (Å²) in [6.07, 6.45) is 0. The number of para-hydroxylation sites is 1. The van der Waals surface area contributed by atoms with Crippen LogP contribution in [0.2, 0.25) is 5.02 Å². The summed E-state index contributed by atoms with van der Waals surface area (Å²) in [4.78, 5) is 42.5. The van der Waals surface area contributed by atoms with E-state index in [9.17, 15) is 19.5 Å². The van der Waals surface area contributed by atoms with Crippen LogP contribution in [0.3, 0.4) is 0 Å². The Bertz CT molecular complexity index is 1570. The third kappa shape index (κ3) is 5.47. The molecule has 0 saturated heterocycles. The molecule has 4 aromatic rings. The highest BCUT2D eigenvalue weighted by atomic mass is 35.5. The van der Waals surface area contributed by atoms with Crippen molar-refractivity contribution in [2.75, 3.05) is 23.4 Å². The van der Waals surface area contributed by atoms with E-state index in [1.54, 1.807) is 34.1 Å². The molecule has 1 atom stereocenters. The van der Waals surface area contributed by atoms with Gasteiger partial charge in [-0.2, -0.15) is 0 Å². The first-order valence-electron chi connectivity index (χ1n) is 12.9. The lowest BCUT2D eigenvalue weighted by Gasteiger charge is -2.30. The summed E-state index contributed by atoms with van der Waals surface area (Å²) in [5.41, 5.74) is 4.37. The van der Waals surface area contributed by atoms with Crippen molar-refractivity contribution in [3.8, 4) is 11.1 Å². The van der Waals surface area contributed by atoms with Crippen molar-refractivity contribution >= 4 is 40.7 Å². The number of nitrogens with one attached hydrogen (secondary N) is 1. The number of carbonyl (C=O) groups excluding carboxylic acids is 3. The second-order valence-electron chi connectivity index (χ2n) is 9.59. The second kappa shape index (κ2) is 11.7. The molecule has 8 heteroatoms. The van der Waals surface area contributed by atoms with Crippen molar-refractivity contribution in [1.82, 2.24) is 4.90 Å². The fourth-order valence-electron chi connectivity index (χ4n) is 5.01. The molecule has 0 radical (unpaired) electrons. The molecular formula is C32H28ClN3O4. The summed E-state index contributed by atoms with van der Waals surface area (Å²) in [5.74, 6) is -0.852. The van der Waals surface area contributed by atoms with Crippen LogP contribution in [0.5, 0.6) is 0 Å². The number of nitrogens with zero attached hydrogens (tertiary/aromatic N) is 2. The van der Waals surface area contributed by atoms with Gasteiger partial charge in [-0.05, 0) is 47.0 Å². The molecule has 5 rings (SSSR count). The minimum absolute atomic E-state index is 0.108. The molecule has 1 aliphatic rings. The predicted octanol–water partition coefficient (Wildman–Crippen LogP) is 5.63. The van der Waals surface area contributed by atoms with Gasteiger partial charge in [-0.3, -0.25) is 14.4 Å². The molecule has 0 unspecified atom stereocenters. The molecule has 2 N–H and O–H groups in total. The SMILES string of the molecule is CC(=O)N1Cc2ccccc2N(C(=O)c2ccc(NC(=O)c3ccccc3-c3ccccc3)cc2Cl)C[C@H]1CO. The number of carbonyl (C=O) groups is 3. The molecule has 7 nitrogen and oxygen atoms in total. The Labute approximate surface area is 237 Å². The number of benzene rings is 4. The van der Waals surface area contributed by atoms with Crippen LogP contribution in [0, 0.1) is 0 Å². The number of aliphatic hydroxyl groups is 1. The Morgan fingerprint density at radius 1 is 0.900 bits per heavy atom. The zero-order valence-corrected chi connectivity index (χ0v) is 22.6. The number of hydrogen-bond donors (Lipinski definition) is 2. The minimum Gasteiger partial charge on any atom is -0.394 e. The quantitative estimate of drug-likeness (QED) is 0.335. The Morgan fingerprint density at radius 3 is 2.33 bits per heavy atom. The molecule has 1 heterocycles. The summed E-state index contributed by atoms with van der Waals surface area (Å²) in [6, 6.07) is 28.5. The molecule has 0 aromatic heterocycles. The van der Waals surface area contributed by atoms with Gasteiger partial charge in [-0.15, -0.1) is 0 Å². The fraction of sp³-hybridized carbons (Fsp3) is 0.156. The topological polar surface area (TPSA) is 90.0 Å². The number of rotatable bonds is 5. The zero-order valence-electron chi connectivity index (χ0n) is 21.9. The molecule has 0 aliphatic carbocycles. The summed E-state index contributed by atoms with van der Waals surface area (Å²) in [5, 5.41) is 13.1. The summed E-state index contributed by atoms with van der Waals surface area (Å²) in [6.45, 7) is 1.55. The predicted molar refractivity (Wildman–Crippen MR) is 156 cm³/mol. The molecule has 0 saturated carbocycles. The van der Waals surface area contributed by atoms with Crippen LogP contribution in [-0.2, 0) is 11.3 Å². The second-order valence-corrected chi connectivity index (χ2v) is 10.00. The van der Waals surface area contributed by atoms with Crippen molar-refractivity contribution in [1.29, 1.82) is 0 Å². The number of halogens is 1. The van der Waals surface area contributed by atoms with Gasteiger partial charge in [0.2, 0.25) is 5.91 Å². The molecular weight excluding hydrogens is 526 g/mol. The normalized spacial score (nSPS) is 14.7. The third-order valence-corrected chi connectivity index (χ3v) is 7.34. The van der Waals surface area contributed by atoms with E-state index in [4.69, 9.17) is 11.6 Å². The van der Waals surface area contributed by atoms with E-state index in [2.05, 4.69) is 5.32 Å². The largest absolute Gasteiger partial charge is 0.394 e. The van der Waals surface area contributed by atoms with Gasteiger partial charge in [0.1, 0.15) is 0 Å². The lowest BCUT2D eigenvalue weighted by Crippen LogP contribution is -2.47. The number of hydrogen-bond acceptors (Lipinski definition) is 4. The van der Waals surface area contributed by atoms with Crippen LogP contribution in [0.15, 0.2) is 97.1 Å². The van der Waals surface area contributed by atoms with Gasteiger partial charge in [0, 0.05) is 37.0 Å². The van der Waals surface area contributed by atoms with Crippen LogP contribution in [0.1, 0.15) is 33.2 Å². The van der Waals surface area contributed by atoms with E-state index in [-0.39, 0.29) is 48.0 Å². The molecule has 40 heavy (non-hydrogen) atoms. The van der Waals surface area contributed by atoms with Crippen molar-refractivity contribution in [3.63, 3.8) is 0 Å². The summed E-state index contributed by atoms with van der Waals surface area (Å²) in [7, 11) is 0. The third-order valence-electron chi connectivity index (χ3n) is 7.03. The van der Waals surface area contributed by atoms with Gasteiger partial charge in [0.05, 0.1) is 23.2 Å². The Balaban J connectivity index is 1.41. The maximum absolute atomic E-state index is 13.8. The van der Waals surface area contributed by atoms with E-state index in [0.29, 0.717) is 16.9 Å². The number of aliphatic hydroxyl groups excluding tert-OH is 1. The van der Waals surface area contributed by atoms with Gasteiger partial charge in [-0.1, -0.05) is 78.3 Å². The average molecular weight is 554 g/mol.